The molecule has 2 N–H and O–H groups in total. The maximum Gasteiger partial charge on any atom is 0.341 e. The average molecular weight is 414 g/mol. The van der Waals surface area contributed by atoms with Crippen molar-refractivity contribution in [2.45, 2.75) is 18.9 Å². The first-order chi connectivity index (χ1) is 13.9. The Morgan fingerprint density at radius 2 is 2.00 bits per heavy atom. The molecule has 10 nitrogen and oxygen atoms in total. The maximum absolute atomic E-state index is 12.9. The topological polar surface area (TPSA) is 140 Å². The van der Waals surface area contributed by atoms with Gasteiger partial charge in [-0.3, -0.25) is 9.59 Å². The number of carbonyl (C=O) groups excluding carboxylic acids is 1. The molecule has 0 spiro atoms. The summed E-state index contributed by atoms with van der Waals surface area (Å²) in [5.74, 6) is -2.10. The van der Waals surface area contributed by atoms with Gasteiger partial charge in [-0.15, -0.1) is 9.24 Å². The highest BCUT2D eigenvalue weighted by molar-refractivity contribution is 7.28. The smallest absolute Gasteiger partial charge is 0.341 e. The number of anilines is 1. The van der Waals surface area contributed by atoms with E-state index < -0.39 is 17.3 Å². The monoisotopic (exact) mass is 414 g/mol. The Morgan fingerprint density at radius 1 is 1.31 bits per heavy atom. The molecule has 29 heavy (non-hydrogen) atoms. The predicted molar refractivity (Wildman–Crippen MR) is 111 cm³/mol. The summed E-state index contributed by atoms with van der Waals surface area (Å²) in [5.41, 5.74) is 8.94. The van der Waals surface area contributed by atoms with Crippen LogP contribution in [0.5, 0.6) is 0 Å². The normalized spacial score (nSPS) is 16.5. The summed E-state index contributed by atoms with van der Waals surface area (Å²) in [6, 6.07) is 1.61. The number of nitrogens with one attached hydrogen (secondary N) is 1. The van der Waals surface area contributed by atoms with Crippen LogP contribution in [0.4, 0.5) is 5.69 Å². The third-order valence-electron chi connectivity index (χ3n) is 5.27. The second kappa shape index (κ2) is 7.48. The van der Waals surface area contributed by atoms with E-state index in [2.05, 4.69) is 24.6 Å². The Hall–Kier alpha value is -2.93. The van der Waals surface area contributed by atoms with Crippen LogP contribution in [0.1, 0.15) is 39.6 Å². The Kier molecular flexibility index (Phi) is 5.00. The Bertz CT molecular complexity index is 1140. The van der Waals surface area contributed by atoms with Crippen LogP contribution in [0.2, 0.25) is 0 Å². The summed E-state index contributed by atoms with van der Waals surface area (Å²) in [6.07, 6.45) is 2.94. The van der Waals surface area contributed by atoms with Crippen molar-refractivity contribution in [3.05, 3.63) is 44.1 Å². The van der Waals surface area contributed by atoms with Crippen molar-refractivity contribution in [1.29, 1.82) is 0 Å². The molecule has 1 amide bonds. The number of hydrogen-bond acceptors (Lipinski definition) is 5. The lowest BCUT2D eigenvalue weighted by molar-refractivity contribution is 0.0694. The SMILES string of the molecule is [N-]=[N+]=NC(=O)c1c(N2CCNCC2)c(P)cc2c(=O)c(C(=O)O)cn(C3CC3)c12. The van der Waals surface area contributed by atoms with Gasteiger partial charge in [0.15, 0.2) is 0 Å². The summed E-state index contributed by atoms with van der Waals surface area (Å²) in [6.45, 7) is 2.74. The maximum atomic E-state index is 12.9. The lowest BCUT2D eigenvalue weighted by Gasteiger charge is -2.32. The van der Waals surface area contributed by atoms with E-state index in [1.54, 1.807) is 10.6 Å². The fourth-order valence-corrected chi connectivity index (χ4v) is 4.34. The molecule has 1 aromatic heterocycles. The van der Waals surface area contributed by atoms with Crippen molar-refractivity contribution < 1.29 is 14.7 Å². The molecule has 150 valence electrons. The van der Waals surface area contributed by atoms with Crippen LogP contribution >= 0.6 is 9.24 Å². The van der Waals surface area contributed by atoms with Gasteiger partial charge in [0.25, 0.3) is 5.91 Å². The molecule has 1 aliphatic heterocycles. The summed E-state index contributed by atoms with van der Waals surface area (Å²) >= 11 is 0. The molecule has 1 saturated heterocycles. The van der Waals surface area contributed by atoms with E-state index >= 15 is 0 Å². The van der Waals surface area contributed by atoms with E-state index in [0.717, 1.165) is 25.9 Å². The van der Waals surface area contributed by atoms with Crippen molar-refractivity contribution in [2.75, 3.05) is 31.1 Å². The van der Waals surface area contributed by atoms with Gasteiger partial charge in [-0.25, -0.2) is 4.79 Å². The van der Waals surface area contributed by atoms with Crippen molar-refractivity contribution in [2.24, 2.45) is 5.11 Å². The predicted octanol–water partition coefficient (Wildman–Crippen LogP) is 1.40. The molecule has 4 rings (SSSR count). The van der Waals surface area contributed by atoms with E-state index in [-0.39, 0.29) is 22.6 Å². The zero-order chi connectivity index (χ0) is 20.7. The number of carboxylic acids is 1. The summed E-state index contributed by atoms with van der Waals surface area (Å²) in [5, 5.41) is 16.7. The zero-order valence-electron chi connectivity index (χ0n) is 15.5. The van der Waals surface area contributed by atoms with Crippen LogP contribution in [-0.4, -0.2) is 47.7 Å². The number of rotatable bonds is 4. The number of piperazine rings is 1. The second-order valence-electron chi connectivity index (χ2n) is 7.13. The number of nitrogens with zero attached hydrogens (tertiary/aromatic N) is 5. The number of hydrogen-bond donors (Lipinski definition) is 2. The van der Waals surface area contributed by atoms with E-state index in [0.29, 0.717) is 29.6 Å². The molecular weight excluding hydrogens is 395 g/mol. The molecule has 1 atom stereocenters. The number of carboxylic acid groups (broad SMARTS) is 1. The van der Waals surface area contributed by atoms with Gasteiger partial charge in [0.05, 0.1) is 16.8 Å². The Balaban J connectivity index is 2.14. The first kappa shape index (κ1) is 19.4. The standard InChI is InChI=1S/C18H19N6O4P/c19-22-21-17(26)13-14-10(7-12(29)15(13)23-5-3-20-4-6-23)16(25)11(18(27)28)8-24(14)9-1-2-9/h7-9,20H,1-6,29H2,(H,27,28). The lowest BCUT2D eigenvalue weighted by atomic mass is 10.0. The van der Waals surface area contributed by atoms with Gasteiger partial charge in [-0.2, -0.15) is 0 Å². The minimum absolute atomic E-state index is 0.0000435. The molecule has 0 radical (unpaired) electrons. The van der Waals surface area contributed by atoms with Crippen molar-refractivity contribution in [3.63, 3.8) is 0 Å². The van der Waals surface area contributed by atoms with Gasteiger partial charge >= 0.3 is 5.97 Å². The van der Waals surface area contributed by atoms with E-state index in [9.17, 15) is 19.5 Å². The molecule has 2 aromatic rings. The fourth-order valence-electron chi connectivity index (χ4n) is 3.85. The molecular formula is C18H19N6O4P. The van der Waals surface area contributed by atoms with E-state index in [1.807, 2.05) is 4.90 Å². The van der Waals surface area contributed by atoms with Gasteiger partial charge in [0.1, 0.15) is 5.56 Å². The number of pyridine rings is 1. The molecule has 1 aromatic carbocycles. The van der Waals surface area contributed by atoms with Crippen LogP contribution in [0, 0.1) is 0 Å². The van der Waals surface area contributed by atoms with Gasteiger partial charge in [0, 0.05) is 48.7 Å². The van der Waals surface area contributed by atoms with Crippen LogP contribution in [-0.2, 0) is 0 Å². The molecule has 0 bridgehead atoms. The van der Waals surface area contributed by atoms with Gasteiger partial charge < -0.3 is 19.9 Å². The molecule has 1 saturated carbocycles. The van der Waals surface area contributed by atoms with Crippen LogP contribution in [0.25, 0.3) is 21.3 Å². The minimum Gasteiger partial charge on any atom is -0.477 e. The molecule has 2 heterocycles. The highest BCUT2D eigenvalue weighted by atomic mass is 31.0. The second-order valence-corrected chi connectivity index (χ2v) is 7.75. The van der Waals surface area contributed by atoms with Gasteiger partial charge in [-0.05, 0) is 34.9 Å². The fraction of sp³-hybridized carbons (Fsp3) is 0.389. The van der Waals surface area contributed by atoms with Crippen LogP contribution < -0.4 is 21.0 Å². The summed E-state index contributed by atoms with van der Waals surface area (Å²) in [4.78, 5) is 42.1. The number of benzene rings is 1. The number of carbonyl (C=O) groups is 2. The Labute approximate surface area is 167 Å². The first-order valence-electron chi connectivity index (χ1n) is 9.23. The largest absolute Gasteiger partial charge is 0.477 e. The van der Waals surface area contributed by atoms with Gasteiger partial charge in [0.2, 0.25) is 5.43 Å². The van der Waals surface area contributed by atoms with E-state index in [4.69, 9.17) is 5.53 Å². The third kappa shape index (κ3) is 3.35. The van der Waals surface area contributed by atoms with Crippen LogP contribution in [0.15, 0.2) is 22.2 Å². The molecule has 2 fully saturated rings. The Morgan fingerprint density at radius 3 is 2.59 bits per heavy atom. The average Bonchev–Trinajstić information content (AvgIpc) is 3.53. The number of aromatic nitrogens is 1. The van der Waals surface area contributed by atoms with Crippen LogP contribution in [0.3, 0.4) is 0 Å². The summed E-state index contributed by atoms with van der Waals surface area (Å²) < 4.78 is 1.69. The number of aromatic carboxylic acids is 1. The highest BCUT2D eigenvalue weighted by Crippen LogP contribution is 2.39. The van der Waals surface area contributed by atoms with Crippen molar-refractivity contribution >= 4 is 43.0 Å². The zero-order valence-corrected chi connectivity index (χ0v) is 16.6. The van der Waals surface area contributed by atoms with E-state index in [1.165, 1.54) is 6.20 Å². The number of amides is 1. The first-order valence-corrected chi connectivity index (χ1v) is 9.81. The third-order valence-corrected chi connectivity index (χ3v) is 5.71. The lowest BCUT2D eigenvalue weighted by Crippen LogP contribution is -2.45. The quantitative estimate of drug-likeness (QED) is 0.335. The van der Waals surface area contributed by atoms with Gasteiger partial charge in [-0.1, -0.05) is 0 Å². The number of azide groups is 1. The molecule has 2 aliphatic rings. The van der Waals surface area contributed by atoms with Crippen molar-refractivity contribution in [3.8, 4) is 0 Å². The van der Waals surface area contributed by atoms with Crippen molar-refractivity contribution in [1.82, 2.24) is 9.88 Å². The number of fused-ring (bicyclic) bond motifs is 1. The minimum atomic E-state index is -1.31. The summed E-state index contributed by atoms with van der Waals surface area (Å²) in [7, 11) is 2.52. The highest BCUT2D eigenvalue weighted by Gasteiger charge is 2.32. The molecule has 11 heteroatoms. The molecule has 1 aliphatic carbocycles. The molecule has 1 unspecified atom stereocenters.